The Kier molecular flexibility index (Phi) is 4.39. The normalized spacial score (nSPS) is 12.3. The van der Waals surface area contributed by atoms with Gasteiger partial charge in [0.2, 0.25) is 0 Å². The second-order valence-corrected chi connectivity index (χ2v) is 7.87. The number of rotatable bonds is 2. The number of aryl methyl sites for hydroxylation is 2. The lowest BCUT2D eigenvalue weighted by atomic mass is 9.86. The van der Waals surface area contributed by atoms with E-state index < -0.39 is 0 Å². The molecule has 1 N–H and O–H groups in total. The van der Waals surface area contributed by atoms with Gasteiger partial charge in [0.25, 0.3) is 0 Å². The first-order chi connectivity index (χ1) is 9.68. The highest BCUT2D eigenvalue weighted by Gasteiger charge is 2.18. The molecule has 0 aliphatic carbocycles. The topological polar surface area (TPSA) is 20.2 Å². The van der Waals surface area contributed by atoms with Crippen LogP contribution in [0.4, 0.5) is 4.39 Å². The Balaban J connectivity index is 2.46. The van der Waals surface area contributed by atoms with Gasteiger partial charge in [-0.1, -0.05) is 47.6 Å². The van der Waals surface area contributed by atoms with E-state index in [9.17, 15) is 9.50 Å². The second kappa shape index (κ2) is 5.77. The summed E-state index contributed by atoms with van der Waals surface area (Å²) >= 11 is 0. The maximum Gasteiger partial charge on any atom is 0.131 e. The Morgan fingerprint density at radius 2 is 1.67 bits per heavy atom. The summed E-state index contributed by atoms with van der Waals surface area (Å²) < 4.78 is 14.0. The zero-order chi connectivity index (χ0) is 15.8. The Labute approximate surface area is 128 Å². The van der Waals surface area contributed by atoms with E-state index in [0.29, 0.717) is 5.30 Å². The fourth-order valence-corrected chi connectivity index (χ4v) is 3.37. The van der Waals surface area contributed by atoms with Crippen LogP contribution in [0.15, 0.2) is 30.3 Å². The molecule has 1 unspecified atom stereocenters. The monoisotopic (exact) mass is 304 g/mol. The van der Waals surface area contributed by atoms with Gasteiger partial charge in [0.05, 0.1) is 0 Å². The number of benzene rings is 2. The molecule has 0 heterocycles. The molecule has 0 saturated heterocycles. The van der Waals surface area contributed by atoms with Crippen LogP contribution in [0.3, 0.4) is 0 Å². The summed E-state index contributed by atoms with van der Waals surface area (Å²) in [6.07, 6.45) is 0. The summed E-state index contributed by atoms with van der Waals surface area (Å²) in [5.74, 6) is 0.0767. The molecule has 21 heavy (non-hydrogen) atoms. The highest BCUT2D eigenvalue weighted by Crippen LogP contribution is 2.30. The van der Waals surface area contributed by atoms with Gasteiger partial charge in [0, 0.05) is 10.6 Å². The first-order valence-electron chi connectivity index (χ1n) is 7.06. The van der Waals surface area contributed by atoms with Gasteiger partial charge in [-0.2, -0.15) is 0 Å². The third kappa shape index (κ3) is 3.63. The molecule has 0 aliphatic heterocycles. The Hall–Kier alpha value is -1.40. The molecule has 2 aromatic carbocycles. The highest BCUT2D eigenvalue weighted by molar-refractivity contribution is 7.55. The minimum Gasteiger partial charge on any atom is -0.507 e. The van der Waals surface area contributed by atoms with Gasteiger partial charge >= 0.3 is 0 Å². The van der Waals surface area contributed by atoms with Crippen molar-refractivity contribution in [1.82, 2.24) is 0 Å². The van der Waals surface area contributed by atoms with E-state index in [1.165, 1.54) is 0 Å². The van der Waals surface area contributed by atoms with Crippen molar-refractivity contribution in [3.05, 3.63) is 52.8 Å². The molecular formula is C18H22FOP. The van der Waals surface area contributed by atoms with Gasteiger partial charge in [0.15, 0.2) is 0 Å². The molecule has 0 bridgehead atoms. The van der Waals surface area contributed by atoms with E-state index in [4.69, 9.17) is 0 Å². The average molecular weight is 304 g/mol. The van der Waals surface area contributed by atoms with Crippen LogP contribution in [0.1, 0.15) is 37.5 Å². The van der Waals surface area contributed by atoms with E-state index in [0.717, 1.165) is 22.0 Å². The molecule has 3 heteroatoms. The maximum atomic E-state index is 14.0. The van der Waals surface area contributed by atoms with Crippen molar-refractivity contribution >= 4 is 19.2 Å². The van der Waals surface area contributed by atoms with Crippen molar-refractivity contribution in [1.29, 1.82) is 0 Å². The molecule has 0 aliphatic rings. The van der Waals surface area contributed by atoms with Crippen molar-refractivity contribution < 1.29 is 9.50 Å². The lowest BCUT2D eigenvalue weighted by Crippen LogP contribution is -2.16. The number of hydrogen-bond donors (Lipinski definition) is 1. The van der Waals surface area contributed by atoms with Gasteiger partial charge < -0.3 is 5.11 Å². The molecule has 112 valence electrons. The zero-order valence-corrected chi connectivity index (χ0v) is 14.2. The predicted octanol–water partition coefficient (Wildman–Crippen LogP) is 4.07. The van der Waals surface area contributed by atoms with E-state index >= 15 is 0 Å². The predicted molar refractivity (Wildman–Crippen MR) is 90.3 cm³/mol. The molecule has 0 fully saturated rings. The van der Waals surface area contributed by atoms with Gasteiger partial charge in [-0.15, -0.1) is 0 Å². The molecule has 2 aromatic rings. The van der Waals surface area contributed by atoms with Gasteiger partial charge in [-0.05, 0) is 48.1 Å². The second-order valence-electron chi connectivity index (χ2n) is 6.55. The largest absolute Gasteiger partial charge is 0.507 e. The fourth-order valence-electron chi connectivity index (χ4n) is 2.17. The summed E-state index contributed by atoms with van der Waals surface area (Å²) in [7, 11) is 0.118. The quantitative estimate of drug-likeness (QED) is 0.829. The molecule has 0 aromatic heterocycles. The molecule has 1 nitrogen and oxygen atoms in total. The van der Waals surface area contributed by atoms with Crippen LogP contribution in [0.25, 0.3) is 0 Å². The number of phenols is 1. The Bertz CT molecular complexity index is 672. The number of aromatic hydroxyl groups is 1. The summed E-state index contributed by atoms with van der Waals surface area (Å²) in [6, 6.07) is 9.26. The van der Waals surface area contributed by atoms with E-state index in [1.807, 2.05) is 38.1 Å². The van der Waals surface area contributed by atoms with Crippen molar-refractivity contribution in [3.8, 4) is 5.75 Å². The van der Waals surface area contributed by atoms with Crippen molar-refractivity contribution in [2.24, 2.45) is 0 Å². The molecule has 1 atom stereocenters. The molecule has 0 radical (unpaired) electrons. The van der Waals surface area contributed by atoms with Crippen LogP contribution in [-0.4, -0.2) is 5.11 Å². The first-order valence-corrected chi connectivity index (χ1v) is 8.06. The van der Waals surface area contributed by atoms with E-state index in [2.05, 4.69) is 20.8 Å². The summed E-state index contributed by atoms with van der Waals surface area (Å²) in [4.78, 5) is 0. The molecule has 2 rings (SSSR count). The third-order valence-electron chi connectivity index (χ3n) is 3.56. The minimum absolute atomic E-state index is 0.00348. The van der Waals surface area contributed by atoms with Crippen LogP contribution >= 0.6 is 8.58 Å². The molecule has 0 saturated carbocycles. The van der Waals surface area contributed by atoms with E-state index in [-0.39, 0.29) is 25.6 Å². The number of halogens is 1. The molecule has 0 amide bonds. The minimum atomic E-state index is -0.202. The smallest absolute Gasteiger partial charge is 0.131 e. The Morgan fingerprint density at radius 1 is 1.00 bits per heavy atom. The van der Waals surface area contributed by atoms with Crippen LogP contribution in [-0.2, 0) is 5.41 Å². The van der Waals surface area contributed by atoms with E-state index in [1.54, 1.807) is 6.07 Å². The Morgan fingerprint density at radius 3 is 2.24 bits per heavy atom. The van der Waals surface area contributed by atoms with Crippen LogP contribution in [0, 0.1) is 19.7 Å². The van der Waals surface area contributed by atoms with Crippen molar-refractivity contribution in [3.63, 3.8) is 0 Å². The van der Waals surface area contributed by atoms with Crippen molar-refractivity contribution in [2.75, 3.05) is 0 Å². The summed E-state index contributed by atoms with van der Waals surface area (Å²) in [6.45, 7) is 10.2. The fraction of sp³-hybridized carbons (Fsp3) is 0.333. The number of phenolic OH excluding ortho intramolecular Hbond substituents is 1. The molecular weight excluding hydrogens is 282 g/mol. The van der Waals surface area contributed by atoms with Crippen LogP contribution < -0.4 is 10.6 Å². The lowest BCUT2D eigenvalue weighted by Gasteiger charge is -2.22. The lowest BCUT2D eigenvalue weighted by molar-refractivity contribution is 0.474. The summed E-state index contributed by atoms with van der Waals surface area (Å²) in [5.41, 5.74) is 2.92. The first kappa shape index (κ1) is 16.0. The number of hydrogen-bond acceptors (Lipinski definition) is 1. The van der Waals surface area contributed by atoms with Crippen molar-refractivity contribution in [2.45, 2.75) is 40.0 Å². The zero-order valence-electron chi connectivity index (χ0n) is 13.2. The van der Waals surface area contributed by atoms with Crippen LogP contribution in [0.2, 0.25) is 0 Å². The van der Waals surface area contributed by atoms with Crippen LogP contribution in [0.5, 0.6) is 5.75 Å². The SMILES string of the molecule is Cc1ccc(Pc2cc(C(C)(C)C)cc(C)c2O)c(F)c1. The standard InChI is InChI=1S/C18H22FOP/c1-11-6-7-15(14(19)8-11)21-16-10-13(18(3,4)5)9-12(2)17(16)20/h6-10,20-21H,1-5H3. The average Bonchev–Trinajstić information content (AvgIpc) is 2.36. The third-order valence-corrected chi connectivity index (χ3v) is 4.89. The van der Waals surface area contributed by atoms with Gasteiger partial charge in [-0.3, -0.25) is 0 Å². The van der Waals surface area contributed by atoms with Gasteiger partial charge in [0.1, 0.15) is 11.6 Å². The maximum absolute atomic E-state index is 14.0. The molecule has 0 spiro atoms. The summed E-state index contributed by atoms with van der Waals surface area (Å²) in [5, 5.41) is 11.7. The highest BCUT2D eigenvalue weighted by atomic mass is 31.1. The van der Waals surface area contributed by atoms with Gasteiger partial charge in [-0.25, -0.2) is 4.39 Å².